The summed E-state index contributed by atoms with van der Waals surface area (Å²) in [6, 6.07) is -0.643. The monoisotopic (exact) mass is 159 g/mol. The van der Waals surface area contributed by atoms with Gasteiger partial charge in [0, 0.05) is 20.1 Å². The zero-order valence-electron chi connectivity index (χ0n) is 6.42. The first-order chi connectivity index (χ1) is 5.20. The molecule has 0 heterocycles. The standard InChI is InChI=1S/C5H13N5O/c1-8-5(9-3-2-6)10-4(7)11/h2-3,6H2,1H3,(H4,7,8,9,10,11). The van der Waals surface area contributed by atoms with E-state index in [2.05, 4.69) is 15.6 Å². The van der Waals surface area contributed by atoms with Crippen molar-refractivity contribution in [2.75, 3.05) is 20.1 Å². The second-order valence-corrected chi connectivity index (χ2v) is 1.78. The van der Waals surface area contributed by atoms with Gasteiger partial charge in [-0.3, -0.25) is 10.3 Å². The van der Waals surface area contributed by atoms with Crippen molar-refractivity contribution in [3.05, 3.63) is 0 Å². The average molecular weight is 159 g/mol. The van der Waals surface area contributed by atoms with Gasteiger partial charge in [-0.15, -0.1) is 0 Å². The first-order valence-electron chi connectivity index (χ1n) is 3.18. The number of nitrogens with one attached hydrogen (secondary N) is 2. The third-order valence-corrected chi connectivity index (χ3v) is 0.902. The minimum atomic E-state index is -0.643. The van der Waals surface area contributed by atoms with E-state index in [0.29, 0.717) is 19.0 Å². The van der Waals surface area contributed by atoms with Crippen molar-refractivity contribution >= 4 is 12.0 Å². The normalized spacial score (nSPS) is 10.9. The molecule has 0 unspecified atom stereocenters. The number of amides is 2. The molecule has 0 aliphatic rings. The van der Waals surface area contributed by atoms with Crippen LogP contribution in [0.25, 0.3) is 0 Å². The Kier molecular flexibility index (Phi) is 4.83. The van der Waals surface area contributed by atoms with Crippen LogP contribution in [0.3, 0.4) is 0 Å². The molecule has 6 N–H and O–H groups in total. The van der Waals surface area contributed by atoms with Crippen molar-refractivity contribution in [1.29, 1.82) is 0 Å². The van der Waals surface area contributed by atoms with Gasteiger partial charge in [0.25, 0.3) is 0 Å². The van der Waals surface area contributed by atoms with E-state index in [0.717, 1.165) is 0 Å². The van der Waals surface area contributed by atoms with E-state index in [-0.39, 0.29) is 0 Å². The lowest BCUT2D eigenvalue weighted by Gasteiger charge is -2.06. The second-order valence-electron chi connectivity index (χ2n) is 1.78. The fraction of sp³-hybridized carbons (Fsp3) is 0.600. The van der Waals surface area contributed by atoms with Crippen LogP contribution in [0.4, 0.5) is 4.79 Å². The van der Waals surface area contributed by atoms with Gasteiger partial charge in [0.1, 0.15) is 0 Å². The van der Waals surface area contributed by atoms with E-state index in [1.165, 1.54) is 7.05 Å². The molecular formula is C5H13N5O. The molecule has 0 aromatic carbocycles. The lowest BCUT2D eigenvalue weighted by molar-refractivity contribution is 0.253. The molecule has 0 rings (SSSR count). The van der Waals surface area contributed by atoms with Crippen molar-refractivity contribution < 1.29 is 4.79 Å². The molecule has 6 nitrogen and oxygen atoms in total. The smallest absolute Gasteiger partial charge is 0.318 e. The molecule has 0 aliphatic heterocycles. The summed E-state index contributed by atoms with van der Waals surface area (Å²) in [7, 11) is 1.54. The molecule has 0 radical (unpaired) electrons. The fourth-order valence-corrected chi connectivity index (χ4v) is 0.486. The van der Waals surface area contributed by atoms with Crippen LogP contribution < -0.4 is 22.1 Å². The maximum atomic E-state index is 10.3. The lowest BCUT2D eigenvalue weighted by Crippen LogP contribution is -2.44. The number of nitrogens with two attached hydrogens (primary N) is 2. The number of hydrogen-bond acceptors (Lipinski definition) is 3. The first-order valence-corrected chi connectivity index (χ1v) is 3.18. The third-order valence-electron chi connectivity index (χ3n) is 0.902. The van der Waals surface area contributed by atoms with Gasteiger partial charge in [-0.1, -0.05) is 0 Å². The molecule has 0 saturated heterocycles. The molecule has 0 atom stereocenters. The molecule has 0 bridgehead atoms. The Morgan fingerprint density at radius 3 is 2.64 bits per heavy atom. The molecular weight excluding hydrogens is 146 g/mol. The van der Waals surface area contributed by atoms with E-state index in [1.807, 2.05) is 0 Å². The highest BCUT2D eigenvalue weighted by atomic mass is 16.2. The summed E-state index contributed by atoms with van der Waals surface area (Å²) in [6.07, 6.45) is 0. The molecule has 64 valence electrons. The zero-order chi connectivity index (χ0) is 8.69. The zero-order valence-corrected chi connectivity index (χ0v) is 6.42. The molecule has 0 spiro atoms. The topological polar surface area (TPSA) is 106 Å². The number of carbonyl (C=O) groups excluding carboxylic acids is 1. The summed E-state index contributed by atoms with van der Waals surface area (Å²) >= 11 is 0. The molecule has 0 saturated carbocycles. The third kappa shape index (κ3) is 5.16. The highest BCUT2D eigenvalue weighted by Crippen LogP contribution is 1.64. The van der Waals surface area contributed by atoms with Gasteiger partial charge in [-0.2, -0.15) is 0 Å². The summed E-state index contributed by atoms with van der Waals surface area (Å²) in [6.45, 7) is 1.02. The van der Waals surface area contributed by atoms with Gasteiger partial charge in [0.2, 0.25) is 0 Å². The Hall–Kier alpha value is -1.30. The Balaban J connectivity index is 3.69. The summed E-state index contributed by atoms with van der Waals surface area (Å²) in [5.41, 5.74) is 10.0. The van der Waals surface area contributed by atoms with E-state index in [9.17, 15) is 4.79 Å². The van der Waals surface area contributed by atoms with Gasteiger partial charge in [0.05, 0.1) is 0 Å². The Morgan fingerprint density at radius 1 is 1.64 bits per heavy atom. The molecule has 0 aromatic heterocycles. The predicted octanol–water partition coefficient (Wildman–Crippen LogP) is -1.81. The van der Waals surface area contributed by atoms with Crippen LogP contribution in [0.2, 0.25) is 0 Å². The molecule has 0 aliphatic carbocycles. The van der Waals surface area contributed by atoms with E-state index >= 15 is 0 Å². The van der Waals surface area contributed by atoms with E-state index in [1.54, 1.807) is 0 Å². The number of rotatable bonds is 2. The summed E-state index contributed by atoms with van der Waals surface area (Å²) in [5.74, 6) is 0.336. The quantitative estimate of drug-likeness (QED) is 0.282. The van der Waals surface area contributed by atoms with Gasteiger partial charge < -0.3 is 16.8 Å². The first kappa shape index (κ1) is 9.70. The maximum Gasteiger partial charge on any atom is 0.318 e. The summed E-state index contributed by atoms with van der Waals surface area (Å²) < 4.78 is 0. The van der Waals surface area contributed by atoms with Gasteiger partial charge in [0.15, 0.2) is 5.96 Å². The Labute approximate surface area is 65.0 Å². The number of hydrogen-bond donors (Lipinski definition) is 4. The van der Waals surface area contributed by atoms with Crippen LogP contribution in [0.5, 0.6) is 0 Å². The van der Waals surface area contributed by atoms with Crippen molar-refractivity contribution in [3.63, 3.8) is 0 Å². The van der Waals surface area contributed by atoms with Gasteiger partial charge in [-0.25, -0.2) is 4.79 Å². The number of guanidine groups is 1. The SMILES string of the molecule is CN=C(NCCN)NC(N)=O. The highest BCUT2D eigenvalue weighted by molar-refractivity contribution is 5.95. The molecule has 11 heavy (non-hydrogen) atoms. The summed E-state index contributed by atoms with van der Waals surface area (Å²) in [5, 5.41) is 5.05. The van der Waals surface area contributed by atoms with Crippen LogP contribution in [0, 0.1) is 0 Å². The van der Waals surface area contributed by atoms with E-state index < -0.39 is 6.03 Å². The molecule has 0 fully saturated rings. The Bertz CT molecular complexity index is 155. The van der Waals surface area contributed by atoms with Gasteiger partial charge >= 0.3 is 6.03 Å². The number of urea groups is 1. The van der Waals surface area contributed by atoms with Crippen molar-refractivity contribution in [3.8, 4) is 0 Å². The number of primary amides is 1. The lowest BCUT2D eigenvalue weighted by atomic mass is 10.6. The highest BCUT2D eigenvalue weighted by Gasteiger charge is 1.97. The van der Waals surface area contributed by atoms with Crippen molar-refractivity contribution in [1.82, 2.24) is 10.6 Å². The molecule has 0 aromatic rings. The van der Waals surface area contributed by atoms with Gasteiger partial charge in [-0.05, 0) is 0 Å². The maximum absolute atomic E-state index is 10.3. The largest absolute Gasteiger partial charge is 0.355 e. The number of aliphatic imine (C=N–C) groups is 1. The fourth-order valence-electron chi connectivity index (χ4n) is 0.486. The van der Waals surface area contributed by atoms with Crippen LogP contribution >= 0.6 is 0 Å². The number of nitrogens with zero attached hydrogens (tertiary/aromatic N) is 1. The average Bonchev–Trinajstić information content (AvgIpc) is 1.97. The van der Waals surface area contributed by atoms with Crippen LogP contribution in [0.15, 0.2) is 4.99 Å². The van der Waals surface area contributed by atoms with Crippen LogP contribution in [0.1, 0.15) is 0 Å². The van der Waals surface area contributed by atoms with E-state index in [4.69, 9.17) is 11.5 Å². The minimum Gasteiger partial charge on any atom is -0.355 e. The van der Waals surface area contributed by atoms with Crippen molar-refractivity contribution in [2.45, 2.75) is 0 Å². The van der Waals surface area contributed by atoms with Crippen molar-refractivity contribution in [2.24, 2.45) is 16.5 Å². The van der Waals surface area contributed by atoms with Crippen LogP contribution in [-0.2, 0) is 0 Å². The van der Waals surface area contributed by atoms with Crippen LogP contribution in [-0.4, -0.2) is 32.1 Å². The predicted molar refractivity (Wildman–Crippen MR) is 43.1 cm³/mol. The number of carbonyl (C=O) groups is 1. The Morgan fingerprint density at radius 2 is 2.27 bits per heavy atom. The molecule has 2 amide bonds. The minimum absolute atomic E-state index is 0.336. The molecule has 6 heteroatoms. The summed E-state index contributed by atoms with van der Waals surface area (Å²) in [4.78, 5) is 14.0. The second kappa shape index (κ2) is 5.48.